The molecule has 3 heterocycles. The van der Waals surface area contributed by atoms with Crippen LogP contribution in [0.4, 0.5) is 0 Å². The van der Waals surface area contributed by atoms with Crippen LogP contribution < -0.4 is 14.8 Å². The highest BCUT2D eigenvalue weighted by atomic mass is 32.1. The third-order valence-electron chi connectivity index (χ3n) is 3.53. The van der Waals surface area contributed by atoms with E-state index in [1.807, 2.05) is 60.0 Å². The maximum Gasteiger partial charge on any atom is 0.291 e. The molecule has 0 atom stereocenters. The topological polar surface area (TPSA) is 56.5 Å². The predicted molar refractivity (Wildman–Crippen MR) is 102 cm³/mol. The van der Waals surface area contributed by atoms with Crippen molar-refractivity contribution >= 4 is 45.9 Å². The zero-order chi connectivity index (χ0) is 17.2. The summed E-state index contributed by atoms with van der Waals surface area (Å²) >= 11 is 2.96. The van der Waals surface area contributed by atoms with E-state index in [9.17, 15) is 4.79 Å². The molecule has 25 heavy (non-hydrogen) atoms. The number of thiophene rings is 1. The second kappa shape index (κ2) is 6.62. The fourth-order valence-corrected chi connectivity index (χ4v) is 3.88. The SMILES string of the molecule is COc1cccc(/C=c2\sc3nc(/C=C/c4cccs4)nn3c2=O)c1. The largest absolute Gasteiger partial charge is 0.497 e. The third kappa shape index (κ3) is 3.24. The Bertz CT molecular complexity index is 1160. The van der Waals surface area contributed by atoms with Gasteiger partial charge in [0.15, 0.2) is 5.82 Å². The van der Waals surface area contributed by atoms with Gasteiger partial charge in [0.1, 0.15) is 5.75 Å². The van der Waals surface area contributed by atoms with Gasteiger partial charge in [-0.2, -0.15) is 9.50 Å². The van der Waals surface area contributed by atoms with Gasteiger partial charge in [0.25, 0.3) is 5.56 Å². The number of hydrogen-bond donors (Lipinski definition) is 0. The maximum absolute atomic E-state index is 12.5. The summed E-state index contributed by atoms with van der Waals surface area (Å²) < 4.78 is 7.16. The standard InChI is InChI=1S/C18H13N3O2S2/c1-23-13-5-2-4-12(10-13)11-15-17(22)21-18(25-15)19-16(20-21)8-7-14-6-3-9-24-14/h2-11H,1H3/b8-7+,15-11-. The molecule has 0 unspecified atom stereocenters. The zero-order valence-electron chi connectivity index (χ0n) is 13.2. The van der Waals surface area contributed by atoms with Gasteiger partial charge in [0.05, 0.1) is 11.6 Å². The van der Waals surface area contributed by atoms with Gasteiger partial charge in [-0.15, -0.1) is 16.4 Å². The minimum atomic E-state index is -0.161. The highest BCUT2D eigenvalue weighted by Gasteiger charge is 2.09. The first-order valence-corrected chi connectivity index (χ1v) is 9.19. The van der Waals surface area contributed by atoms with Crippen molar-refractivity contribution in [3.05, 3.63) is 72.9 Å². The van der Waals surface area contributed by atoms with Crippen LogP contribution in [0.5, 0.6) is 5.75 Å². The number of benzene rings is 1. The molecule has 0 spiro atoms. The van der Waals surface area contributed by atoms with Crippen LogP contribution in [0.1, 0.15) is 16.3 Å². The highest BCUT2D eigenvalue weighted by Crippen LogP contribution is 2.14. The monoisotopic (exact) mass is 367 g/mol. The molecule has 1 aromatic carbocycles. The molecule has 0 saturated heterocycles. The van der Waals surface area contributed by atoms with Gasteiger partial charge in [-0.3, -0.25) is 4.79 Å². The van der Waals surface area contributed by atoms with Crippen LogP contribution in [-0.4, -0.2) is 21.7 Å². The zero-order valence-corrected chi connectivity index (χ0v) is 14.9. The van der Waals surface area contributed by atoms with Crippen molar-refractivity contribution in [2.45, 2.75) is 0 Å². The predicted octanol–water partition coefficient (Wildman–Crippen LogP) is 2.94. The Morgan fingerprint density at radius 2 is 2.12 bits per heavy atom. The fourth-order valence-electron chi connectivity index (χ4n) is 2.34. The second-order valence-electron chi connectivity index (χ2n) is 5.21. The van der Waals surface area contributed by atoms with Crippen molar-refractivity contribution in [3.63, 3.8) is 0 Å². The quantitative estimate of drug-likeness (QED) is 0.556. The molecule has 0 aliphatic carbocycles. The maximum atomic E-state index is 12.5. The molecule has 5 nitrogen and oxygen atoms in total. The van der Waals surface area contributed by atoms with Crippen molar-refractivity contribution in [3.8, 4) is 5.75 Å². The van der Waals surface area contributed by atoms with E-state index < -0.39 is 0 Å². The first kappa shape index (κ1) is 15.7. The number of aromatic nitrogens is 3. The molecule has 0 saturated carbocycles. The molecule has 0 radical (unpaired) electrons. The van der Waals surface area contributed by atoms with Crippen molar-refractivity contribution in [2.75, 3.05) is 7.11 Å². The van der Waals surface area contributed by atoms with Gasteiger partial charge in [-0.1, -0.05) is 29.5 Å². The first-order chi connectivity index (χ1) is 12.2. The fraction of sp³-hybridized carbons (Fsp3) is 0.0556. The average Bonchev–Trinajstić information content (AvgIpc) is 3.33. The van der Waals surface area contributed by atoms with Crippen LogP contribution in [0, 0.1) is 0 Å². The van der Waals surface area contributed by atoms with Gasteiger partial charge in [-0.25, -0.2) is 0 Å². The van der Waals surface area contributed by atoms with E-state index in [1.165, 1.54) is 15.9 Å². The van der Waals surface area contributed by atoms with Gasteiger partial charge < -0.3 is 4.74 Å². The molecule has 0 amide bonds. The van der Waals surface area contributed by atoms with Crippen LogP contribution >= 0.6 is 22.7 Å². The second-order valence-corrected chi connectivity index (χ2v) is 7.19. The summed E-state index contributed by atoms with van der Waals surface area (Å²) in [6.45, 7) is 0. The van der Waals surface area contributed by atoms with Crippen LogP contribution in [-0.2, 0) is 0 Å². The lowest BCUT2D eigenvalue weighted by Crippen LogP contribution is -2.23. The number of nitrogens with zero attached hydrogens (tertiary/aromatic N) is 3. The summed E-state index contributed by atoms with van der Waals surface area (Å²) in [4.78, 5) is 18.6. The molecule has 0 fully saturated rings. The number of rotatable bonds is 4. The van der Waals surface area contributed by atoms with Crippen LogP contribution in [0.15, 0.2) is 46.6 Å². The Morgan fingerprint density at radius 1 is 1.20 bits per heavy atom. The van der Waals surface area contributed by atoms with E-state index in [2.05, 4.69) is 10.1 Å². The highest BCUT2D eigenvalue weighted by molar-refractivity contribution is 7.15. The molecule has 0 aliphatic rings. The summed E-state index contributed by atoms with van der Waals surface area (Å²) in [5.41, 5.74) is 0.741. The van der Waals surface area contributed by atoms with Crippen LogP contribution in [0.2, 0.25) is 0 Å². The summed E-state index contributed by atoms with van der Waals surface area (Å²) in [5.74, 6) is 1.28. The molecule has 0 N–H and O–H groups in total. The van der Waals surface area contributed by atoms with E-state index in [-0.39, 0.29) is 5.56 Å². The molecule has 4 rings (SSSR count). The van der Waals surface area contributed by atoms with Crippen LogP contribution in [0.3, 0.4) is 0 Å². The van der Waals surface area contributed by atoms with E-state index in [0.29, 0.717) is 15.3 Å². The van der Waals surface area contributed by atoms with Gasteiger partial charge in [0.2, 0.25) is 4.96 Å². The van der Waals surface area contributed by atoms with E-state index in [4.69, 9.17) is 4.74 Å². The average molecular weight is 367 g/mol. The minimum Gasteiger partial charge on any atom is -0.497 e. The Labute approximate surface area is 151 Å². The Balaban J connectivity index is 1.70. The molecule has 0 aliphatic heterocycles. The number of hydrogen-bond acceptors (Lipinski definition) is 6. The number of thiazole rings is 1. The van der Waals surface area contributed by atoms with Crippen molar-refractivity contribution in [1.29, 1.82) is 0 Å². The minimum absolute atomic E-state index is 0.161. The molecule has 124 valence electrons. The van der Waals surface area contributed by atoms with E-state index >= 15 is 0 Å². The van der Waals surface area contributed by atoms with Gasteiger partial charge in [-0.05, 0) is 47.4 Å². The molecule has 0 bridgehead atoms. The number of methoxy groups -OCH3 is 1. The molecule has 3 aromatic heterocycles. The van der Waals surface area contributed by atoms with Crippen molar-refractivity contribution in [2.24, 2.45) is 0 Å². The number of fused-ring (bicyclic) bond motifs is 1. The Hall–Kier alpha value is -2.77. The lowest BCUT2D eigenvalue weighted by molar-refractivity contribution is 0.414. The lowest BCUT2D eigenvalue weighted by atomic mass is 10.2. The van der Waals surface area contributed by atoms with E-state index in [0.717, 1.165) is 16.2 Å². The van der Waals surface area contributed by atoms with Crippen LogP contribution in [0.25, 0.3) is 23.2 Å². The first-order valence-electron chi connectivity index (χ1n) is 7.50. The molecule has 7 heteroatoms. The van der Waals surface area contributed by atoms with E-state index in [1.54, 1.807) is 18.4 Å². The van der Waals surface area contributed by atoms with Gasteiger partial charge in [0, 0.05) is 4.88 Å². The third-order valence-corrected chi connectivity index (χ3v) is 5.33. The molecule has 4 aromatic rings. The summed E-state index contributed by atoms with van der Waals surface area (Å²) in [5, 5.41) is 6.29. The molecular formula is C18H13N3O2S2. The van der Waals surface area contributed by atoms with Crippen molar-refractivity contribution < 1.29 is 4.74 Å². The normalized spacial score (nSPS) is 12.4. The van der Waals surface area contributed by atoms with Gasteiger partial charge >= 0.3 is 0 Å². The van der Waals surface area contributed by atoms with Crippen molar-refractivity contribution in [1.82, 2.24) is 14.6 Å². The summed E-state index contributed by atoms with van der Waals surface area (Å²) in [6.07, 6.45) is 5.58. The smallest absolute Gasteiger partial charge is 0.291 e. The summed E-state index contributed by atoms with van der Waals surface area (Å²) in [6, 6.07) is 11.6. The Morgan fingerprint density at radius 3 is 2.88 bits per heavy atom. The lowest BCUT2D eigenvalue weighted by Gasteiger charge is -1.99. The number of ether oxygens (including phenoxy) is 1. The summed E-state index contributed by atoms with van der Waals surface area (Å²) in [7, 11) is 1.62. The Kier molecular flexibility index (Phi) is 4.17. The molecular weight excluding hydrogens is 354 g/mol.